The van der Waals surface area contributed by atoms with Crippen molar-refractivity contribution in [1.29, 1.82) is 0 Å². The standard InChI is InChI=1S/C18H15N5O2S/c24-15(20-11-17-21-13-5-1-2-6-14(13)26-17)7-8-16-22-18(23-25-16)12-4-3-9-19-10-12/h1-6,9-10H,7-8,11H2,(H,20,24). The normalized spacial score (nSPS) is 10.9. The van der Waals surface area contributed by atoms with Gasteiger partial charge in [-0.3, -0.25) is 9.78 Å². The Bertz CT molecular complexity index is 995. The van der Waals surface area contributed by atoms with Crippen molar-refractivity contribution < 1.29 is 9.32 Å². The number of aromatic nitrogens is 4. The van der Waals surface area contributed by atoms with E-state index in [1.807, 2.05) is 30.3 Å². The van der Waals surface area contributed by atoms with Crippen molar-refractivity contribution in [3.8, 4) is 11.4 Å². The minimum absolute atomic E-state index is 0.0783. The molecule has 1 N–H and O–H groups in total. The molecular weight excluding hydrogens is 350 g/mol. The molecule has 130 valence electrons. The van der Waals surface area contributed by atoms with Crippen LogP contribution in [0.25, 0.3) is 21.6 Å². The number of nitrogens with zero attached hydrogens (tertiary/aromatic N) is 4. The van der Waals surface area contributed by atoms with Gasteiger partial charge < -0.3 is 9.84 Å². The Balaban J connectivity index is 1.29. The van der Waals surface area contributed by atoms with E-state index in [-0.39, 0.29) is 12.3 Å². The number of carbonyl (C=O) groups is 1. The summed E-state index contributed by atoms with van der Waals surface area (Å²) in [6.45, 7) is 0.420. The third-order valence-corrected chi connectivity index (χ3v) is 4.77. The second-order valence-corrected chi connectivity index (χ2v) is 6.72. The molecule has 0 atom stereocenters. The summed E-state index contributed by atoms with van der Waals surface area (Å²) in [6.07, 6.45) is 4.01. The van der Waals surface area contributed by atoms with Crippen molar-refractivity contribution in [3.05, 3.63) is 59.7 Å². The largest absolute Gasteiger partial charge is 0.350 e. The molecule has 0 aliphatic rings. The Hall–Kier alpha value is -3.13. The van der Waals surface area contributed by atoms with Crippen LogP contribution in [0.2, 0.25) is 0 Å². The number of benzene rings is 1. The average Bonchev–Trinajstić information content (AvgIpc) is 3.32. The predicted molar refractivity (Wildman–Crippen MR) is 97.3 cm³/mol. The van der Waals surface area contributed by atoms with Crippen molar-refractivity contribution in [2.45, 2.75) is 19.4 Å². The zero-order valence-electron chi connectivity index (χ0n) is 13.8. The molecule has 0 bridgehead atoms. The summed E-state index contributed by atoms with van der Waals surface area (Å²) >= 11 is 1.58. The van der Waals surface area contributed by atoms with Crippen LogP contribution in [0.5, 0.6) is 0 Å². The van der Waals surface area contributed by atoms with Crippen LogP contribution in [0.1, 0.15) is 17.3 Å². The molecule has 0 radical (unpaired) electrons. The van der Waals surface area contributed by atoms with E-state index in [9.17, 15) is 4.79 Å². The van der Waals surface area contributed by atoms with Gasteiger partial charge in [-0.2, -0.15) is 4.98 Å². The summed E-state index contributed by atoms with van der Waals surface area (Å²) in [4.78, 5) is 24.9. The fourth-order valence-electron chi connectivity index (χ4n) is 2.45. The first-order chi connectivity index (χ1) is 12.8. The highest BCUT2D eigenvalue weighted by molar-refractivity contribution is 7.18. The summed E-state index contributed by atoms with van der Waals surface area (Å²) in [5, 5.41) is 7.68. The molecule has 0 aliphatic carbocycles. The maximum Gasteiger partial charge on any atom is 0.227 e. The fraction of sp³-hybridized carbons (Fsp3) is 0.167. The summed E-state index contributed by atoms with van der Waals surface area (Å²) in [7, 11) is 0. The van der Waals surface area contributed by atoms with Gasteiger partial charge in [-0.05, 0) is 24.3 Å². The molecule has 0 spiro atoms. The number of fused-ring (bicyclic) bond motifs is 1. The van der Waals surface area contributed by atoms with Gasteiger partial charge in [0.1, 0.15) is 5.01 Å². The lowest BCUT2D eigenvalue weighted by molar-refractivity contribution is -0.121. The molecule has 0 unspecified atom stereocenters. The first-order valence-corrected chi connectivity index (χ1v) is 8.94. The Morgan fingerprint density at radius 2 is 2.08 bits per heavy atom. The zero-order chi connectivity index (χ0) is 17.8. The Morgan fingerprint density at radius 1 is 1.15 bits per heavy atom. The second kappa shape index (κ2) is 7.40. The topological polar surface area (TPSA) is 93.8 Å². The lowest BCUT2D eigenvalue weighted by Crippen LogP contribution is -2.22. The number of hydrogen-bond acceptors (Lipinski definition) is 7. The van der Waals surface area contributed by atoms with E-state index in [2.05, 4.69) is 25.4 Å². The number of para-hydroxylation sites is 1. The zero-order valence-corrected chi connectivity index (χ0v) is 14.6. The van der Waals surface area contributed by atoms with Gasteiger partial charge >= 0.3 is 0 Å². The van der Waals surface area contributed by atoms with Crippen LogP contribution in [0.3, 0.4) is 0 Å². The van der Waals surface area contributed by atoms with Gasteiger partial charge in [0.15, 0.2) is 0 Å². The average molecular weight is 365 g/mol. The smallest absolute Gasteiger partial charge is 0.227 e. The van der Waals surface area contributed by atoms with E-state index in [0.29, 0.717) is 24.7 Å². The molecule has 1 amide bonds. The maximum atomic E-state index is 12.0. The van der Waals surface area contributed by atoms with Crippen molar-refractivity contribution in [3.63, 3.8) is 0 Å². The van der Waals surface area contributed by atoms with E-state index < -0.39 is 0 Å². The SMILES string of the molecule is O=C(CCc1nc(-c2cccnc2)no1)NCc1nc2ccccc2s1. The fourth-order valence-corrected chi connectivity index (χ4v) is 3.35. The van der Waals surface area contributed by atoms with Crippen LogP contribution in [0.4, 0.5) is 0 Å². The van der Waals surface area contributed by atoms with Gasteiger partial charge in [0.2, 0.25) is 17.6 Å². The van der Waals surface area contributed by atoms with Crippen molar-refractivity contribution in [2.24, 2.45) is 0 Å². The number of rotatable bonds is 6. The Morgan fingerprint density at radius 3 is 2.92 bits per heavy atom. The van der Waals surface area contributed by atoms with Crippen LogP contribution >= 0.6 is 11.3 Å². The van der Waals surface area contributed by atoms with Gasteiger partial charge in [0, 0.05) is 30.8 Å². The molecule has 0 saturated carbocycles. The van der Waals surface area contributed by atoms with E-state index in [0.717, 1.165) is 20.8 Å². The molecule has 3 aromatic heterocycles. The number of hydrogen-bond donors (Lipinski definition) is 1. The summed E-state index contributed by atoms with van der Waals surface area (Å²) in [5.41, 5.74) is 1.73. The van der Waals surface area contributed by atoms with E-state index in [1.54, 1.807) is 29.8 Å². The maximum absolute atomic E-state index is 12.0. The lowest BCUT2D eigenvalue weighted by Gasteiger charge is -2.00. The highest BCUT2D eigenvalue weighted by Gasteiger charge is 2.11. The molecule has 0 aliphatic heterocycles. The summed E-state index contributed by atoms with van der Waals surface area (Å²) in [6, 6.07) is 11.6. The summed E-state index contributed by atoms with van der Waals surface area (Å²) in [5.74, 6) is 0.826. The molecule has 3 heterocycles. The number of pyridine rings is 1. The number of carbonyl (C=O) groups excluding carboxylic acids is 1. The molecule has 26 heavy (non-hydrogen) atoms. The molecule has 8 heteroatoms. The Kier molecular flexibility index (Phi) is 4.65. The van der Waals surface area contributed by atoms with Crippen LogP contribution in [0, 0.1) is 0 Å². The van der Waals surface area contributed by atoms with Crippen LogP contribution in [-0.2, 0) is 17.8 Å². The minimum atomic E-state index is -0.0783. The molecule has 7 nitrogen and oxygen atoms in total. The van der Waals surface area contributed by atoms with Gasteiger partial charge in [0.05, 0.1) is 16.8 Å². The highest BCUT2D eigenvalue weighted by atomic mass is 32.1. The molecule has 4 rings (SSSR count). The molecule has 0 saturated heterocycles. The number of aryl methyl sites for hydroxylation is 1. The third-order valence-electron chi connectivity index (χ3n) is 3.73. The lowest BCUT2D eigenvalue weighted by atomic mass is 10.2. The van der Waals surface area contributed by atoms with E-state index in [4.69, 9.17) is 4.52 Å². The summed E-state index contributed by atoms with van der Waals surface area (Å²) < 4.78 is 6.31. The third kappa shape index (κ3) is 3.75. The molecule has 1 aromatic carbocycles. The predicted octanol–water partition coefficient (Wildman–Crippen LogP) is 2.99. The number of nitrogens with one attached hydrogen (secondary N) is 1. The van der Waals surface area contributed by atoms with Gasteiger partial charge in [-0.15, -0.1) is 11.3 Å². The van der Waals surface area contributed by atoms with Gasteiger partial charge in [-0.25, -0.2) is 4.98 Å². The van der Waals surface area contributed by atoms with Crippen molar-refractivity contribution in [1.82, 2.24) is 25.4 Å². The quantitative estimate of drug-likeness (QED) is 0.564. The monoisotopic (exact) mass is 365 g/mol. The second-order valence-electron chi connectivity index (χ2n) is 5.61. The van der Waals surface area contributed by atoms with Crippen LogP contribution in [0.15, 0.2) is 53.3 Å². The highest BCUT2D eigenvalue weighted by Crippen LogP contribution is 2.21. The van der Waals surface area contributed by atoms with Gasteiger partial charge in [-0.1, -0.05) is 17.3 Å². The molecular formula is C18H15N5O2S. The van der Waals surface area contributed by atoms with Crippen LogP contribution < -0.4 is 5.32 Å². The van der Waals surface area contributed by atoms with Crippen LogP contribution in [-0.4, -0.2) is 26.0 Å². The number of amides is 1. The Labute approximate surface area is 153 Å². The number of thiazole rings is 1. The minimum Gasteiger partial charge on any atom is -0.350 e. The van der Waals surface area contributed by atoms with E-state index in [1.165, 1.54) is 0 Å². The van der Waals surface area contributed by atoms with Crippen molar-refractivity contribution in [2.75, 3.05) is 0 Å². The van der Waals surface area contributed by atoms with Crippen molar-refractivity contribution >= 4 is 27.5 Å². The first-order valence-electron chi connectivity index (χ1n) is 8.12. The van der Waals surface area contributed by atoms with E-state index >= 15 is 0 Å². The molecule has 4 aromatic rings. The first kappa shape index (κ1) is 16.3. The van der Waals surface area contributed by atoms with Gasteiger partial charge in [0.25, 0.3) is 0 Å². The molecule has 0 fully saturated rings.